The second-order valence-electron chi connectivity index (χ2n) is 6.60. The molecule has 0 bridgehead atoms. The molecule has 6 heteroatoms. The van der Waals surface area contributed by atoms with Crippen molar-refractivity contribution in [1.82, 2.24) is 19.9 Å². The first-order valence-electron chi connectivity index (χ1n) is 8.99. The minimum absolute atomic E-state index is 0.0164. The van der Waals surface area contributed by atoms with Crippen molar-refractivity contribution in [3.63, 3.8) is 0 Å². The number of amides is 1. The summed E-state index contributed by atoms with van der Waals surface area (Å²) in [6, 6.07) is 10.1. The van der Waals surface area contributed by atoms with Gasteiger partial charge >= 0.3 is 0 Å². The molecule has 2 aromatic heterocycles. The van der Waals surface area contributed by atoms with Crippen LogP contribution in [-0.4, -0.2) is 38.8 Å². The van der Waals surface area contributed by atoms with Crippen LogP contribution >= 0.6 is 0 Å². The molecule has 1 aliphatic rings. The number of hydrogen-bond donors (Lipinski definition) is 0. The van der Waals surface area contributed by atoms with Crippen molar-refractivity contribution in [3.05, 3.63) is 78.3 Å². The first-order chi connectivity index (χ1) is 13.2. The van der Waals surface area contributed by atoms with Gasteiger partial charge in [-0.2, -0.15) is 0 Å². The van der Waals surface area contributed by atoms with Crippen molar-refractivity contribution in [2.75, 3.05) is 13.1 Å². The van der Waals surface area contributed by atoms with E-state index in [-0.39, 0.29) is 17.6 Å². The van der Waals surface area contributed by atoms with Gasteiger partial charge in [-0.05, 0) is 37.1 Å². The van der Waals surface area contributed by atoms with E-state index in [0.717, 1.165) is 18.5 Å². The molecule has 0 unspecified atom stereocenters. The lowest BCUT2D eigenvalue weighted by atomic mass is 9.91. The Morgan fingerprint density at radius 2 is 1.93 bits per heavy atom. The SMILES string of the molecule is O=C(c1cccnc1)N1CCC[C@H](c2nccnc2-c2ccccc2F)C1. The lowest BCUT2D eigenvalue weighted by Crippen LogP contribution is -2.39. The maximum absolute atomic E-state index is 14.3. The fourth-order valence-electron chi connectivity index (χ4n) is 3.56. The Bertz CT molecular complexity index is 948. The normalized spacial score (nSPS) is 16.9. The lowest BCUT2D eigenvalue weighted by molar-refractivity contribution is 0.0705. The van der Waals surface area contributed by atoms with Crippen LogP contribution in [0.3, 0.4) is 0 Å². The van der Waals surface area contributed by atoms with E-state index in [9.17, 15) is 9.18 Å². The number of pyridine rings is 1. The van der Waals surface area contributed by atoms with Crippen LogP contribution in [0.25, 0.3) is 11.3 Å². The molecule has 1 fully saturated rings. The summed E-state index contributed by atoms with van der Waals surface area (Å²) in [5.41, 5.74) is 2.31. The molecule has 1 aromatic carbocycles. The Morgan fingerprint density at radius 3 is 2.74 bits per heavy atom. The van der Waals surface area contributed by atoms with E-state index < -0.39 is 0 Å². The number of likely N-dealkylation sites (tertiary alicyclic amines) is 1. The molecule has 1 aliphatic heterocycles. The van der Waals surface area contributed by atoms with Crippen LogP contribution in [0.5, 0.6) is 0 Å². The maximum Gasteiger partial charge on any atom is 0.255 e. The summed E-state index contributed by atoms with van der Waals surface area (Å²) in [7, 11) is 0. The quantitative estimate of drug-likeness (QED) is 0.713. The molecule has 27 heavy (non-hydrogen) atoms. The summed E-state index contributed by atoms with van der Waals surface area (Å²) in [5, 5.41) is 0. The molecule has 3 aromatic rings. The zero-order valence-corrected chi connectivity index (χ0v) is 14.8. The number of nitrogens with zero attached hydrogens (tertiary/aromatic N) is 4. The van der Waals surface area contributed by atoms with Crippen molar-refractivity contribution < 1.29 is 9.18 Å². The second kappa shape index (κ2) is 7.61. The van der Waals surface area contributed by atoms with Crippen LogP contribution in [0.15, 0.2) is 61.2 Å². The summed E-state index contributed by atoms with van der Waals surface area (Å²) in [4.78, 5) is 27.5. The van der Waals surface area contributed by atoms with Crippen molar-refractivity contribution in [2.24, 2.45) is 0 Å². The lowest BCUT2D eigenvalue weighted by Gasteiger charge is -2.33. The number of aromatic nitrogens is 3. The monoisotopic (exact) mass is 362 g/mol. The number of piperidine rings is 1. The van der Waals surface area contributed by atoms with Crippen LogP contribution in [0.1, 0.15) is 34.8 Å². The van der Waals surface area contributed by atoms with Gasteiger partial charge in [-0.25, -0.2) is 4.39 Å². The predicted octanol–water partition coefficient (Wildman–Crippen LogP) is 3.70. The topological polar surface area (TPSA) is 59.0 Å². The average Bonchev–Trinajstić information content (AvgIpc) is 2.74. The number of hydrogen-bond acceptors (Lipinski definition) is 4. The van der Waals surface area contributed by atoms with Gasteiger partial charge in [0.2, 0.25) is 0 Å². The van der Waals surface area contributed by atoms with Gasteiger partial charge in [-0.1, -0.05) is 12.1 Å². The van der Waals surface area contributed by atoms with Gasteiger partial charge in [0, 0.05) is 49.4 Å². The molecule has 136 valence electrons. The highest BCUT2D eigenvalue weighted by Crippen LogP contribution is 2.33. The molecule has 0 aliphatic carbocycles. The van der Waals surface area contributed by atoms with Crippen LogP contribution in [0.2, 0.25) is 0 Å². The molecular weight excluding hydrogens is 343 g/mol. The van der Waals surface area contributed by atoms with E-state index in [0.29, 0.717) is 29.9 Å². The van der Waals surface area contributed by atoms with E-state index in [4.69, 9.17) is 0 Å². The van der Waals surface area contributed by atoms with Gasteiger partial charge < -0.3 is 4.90 Å². The van der Waals surface area contributed by atoms with E-state index in [1.165, 1.54) is 6.07 Å². The number of halogens is 1. The van der Waals surface area contributed by atoms with Gasteiger partial charge in [0.1, 0.15) is 5.82 Å². The summed E-state index contributed by atoms with van der Waals surface area (Å²) < 4.78 is 14.3. The Morgan fingerprint density at radius 1 is 1.07 bits per heavy atom. The Balaban J connectivity index is 1.63. The van der Waals surface area contributed by atoms with Crippen molar-refractivity contribution in [2.45, 2.75) is 18.8 Å². The highest BCUT2D eigenvalue weighted by Gasteiger charge is 2.29. The first kappa shape index (κ1) is 17.3. The Kier molecular flexibility index (Phi) is 4.87. The van der Waals surface area contributed by atoms with E-state index in [1.54, 1.807) is 55.1 Å². The van der Waals surface area contributed by atoms with Gasteiger partial charge in [0.05, 0.1) is 17.0 Å². The third kappa shape index (κ3) is 3.56. The number of carbonyl (C=O) groups is 1. The molecule has 0 radical (unpaired) electrons. The zero-order valence-electron chi connectivity index (χ0n) is 14.8. The second-order valence-corrected chi connectivity index (χ2v) is 6.60. The number of benzene rings is 1. The highest BCUT2D eigenvalue weighted by atomic mass is 19.1. The fraction of sp³-hybridized carbons (Fsp3) is 0.238. The molecule has 0 spiro atoms. The summed E-state index contributed by atoms with van der Waals surface area (Å²) in [6.07, 6.45) is 8.18. The molecule has 0 saturated carbocycles. The van der Waals surface area contributed by atoms with Gasteiger partial charge in [-0.3, -0.25) is 19.7 Å². The Labute approximate surface area is 156 Å². The van der Waals surface area contributed by atoms with E-state index in [1.807, 2.05) is 4.90 Å². The summed E-state index contributed by atoms with van der Waals surface area (Å²) in [6.45, 7) is 1.23. The standard InChI is InChI=1S/C21H19FN4O/c22-18-8-2-1-7-17(18)20-19(24-10-11-25-20)16-6-4-12-26(14-16)21(27)15-5-3-9-23-13-15/h1-3,5,7-11,13,16H,4,6,12,14H2/t16-/m0/s1. The molecule has 4 rings (SSSR count). The zero-order chi connectivity index (χ0) is 18.6. The third-order valence-corrected chi connectivity index (χ3v) is 4.86. The van der Waals surface area contributed by atoms with Crippen molar-refractivity contribution in [1.29, 1.82) is 0 Å². The molecule has 3 heterocycles. The van der Waals surface area contributed by atoms with Crippen LogP contribution in [0.4, 0.5) is 4.39 Å². The summed E-state index contributed by atoms with van der Waals surface area (Å²) >= 11 is 0. The highest BCUT2D eigenvalue weighted by molar-refractivity contribution is 5.94. The molecule has 5 nitrogen and oxygen atoms in total. The van der Waals surface area contributed by atoms with Crippen LogP contribution in [0, 0.1) is 5.82 Å². The third-order valence-electron chi connectivity index (χ3n) is 4.86. The van der Waals surface area contributed by atoms with E-state index >= 15 is 0 Å². The molecule has 1 saturated heterocycles. The smallest absolute Gasteiger partial charge is 0.255 e. The van der Waals surface area contributed by atoms with E-state index in [2.05, 4.69) is 15.0 Å². The maximum atomic E-state index is 14.3. The largest absolute Gasteiger partial charge is 0.338 e. The molecule has 0 N–H and O–H groups in total. The number of rotatable bonds is 3. The minimum atomic E-state index is -0.321. The Hall–Kier alpha value is -3.15. The van der Waals surface area contributed by atoms with Gasteiger partial charge in [0.15, 0.2) is 0 Å². The summed E-state index contributed by atoms with van der Waals surface area (Å²) in [5.74, 6) is -0.342. The van der Waals surface area contributed by atoms with Crippen LogP contribution < -0.4 is 0 Å². The molecule has 1 amide bonds. The van der Waals surface area contributed by atoms with Crippen molar-refractivity contribution >= 4 is 5.91 Å². The van der Waals surface area contributed by atoms with Gasteiger partial charge in [0.25, 0.3) is 5.91 Å². The first-order valence-corrected chi connectivity index (χ1v) is 8.99. The average molecular weight is 362 g/mol. The van der Waals surface area contributed by atoms with Crippen LogP contribution in [-0.2, 0) is 0 Å². The predicted molar refractivity (Wildman–Crippen MR) is 99.5 cm³/mol. The van der Waals surface area contributed by atoms with Crippen molar-refractivity contribution in [3.8, 4) is 11.3 Å². The fourth-order valence-corrected chi connectivity index (χ4v) is 3.56. The molecule has 1 atom stereocenters. The van der Waals surface area contributed by atoms with Gasteiger partial charge in [-0.15, -0.1) is 0 Å². The minimum Gasteiger partial charge on any atom is -0.338 e. The molecular formula is C21H19FN4O. The number of carbonyl (C=O) groups excluding carboxylic acids is 1.